The number of aromatic nitrogens is 4. The molecule has 0 bridgehead atoms. The van der Waals surface area contributed by atoms with E-state index in [2.05, 4.69) is 50.7 Å². The van der Waals surface area contributed by atoms with Crippen molar-refractivity contribution in [2.24, 2.45) is 35.7 Å². The standard InChI is InChI=1S/C31H25N5O2S3/c1-36-20-12-22(40-30(20)31-27(36)16-8-4-5-9-21(16)39-31)25-26-24(34-41-35-26)19(13-32-25)33-23-17-10-14-6-2-3-7-15(14)11-18(17)28(37)29(23)38/h4-5,8-9,12-15,17-18H,2-3,6-7,10-11H2,1H3. The van der Waals surface area contributed by atoms with Gasteiger partial charge < -0.3 is 4.57 Å². The second-order valence-electron chi connectivity index (χ2n) is 11.8. The van der Waals surface area contributed by atoms with Crippen molar-refractivity contribution in [3.05, 3.63) is 36.5 Å². The van der Waals surface area contributed by atoms with Crippen LogP contribution in [0.3, 0.4) is 0 Å². The zero-order valence-corrected chi connectivity index (χ0v) is 24.7. The number of rotatable bonds is 2. The Bertz CT molecular complexity index is 2110. The highest BCUT2D eigenvalue weighted by Crippen LogP contribution is 2.50. The topological polar surface area (TPSA) is 90.1 Å². The van der Waals surface area contributed by atoms with Crippen LogP contribution in [-0.4, -0.2) is 35.6 Å². The van der Waals surface area contributed by atoms with E-state index in [0.717, 1.165) is 35.1 Å². The van der Waals surface area contributed by atoms with Crippen LogP contribution >= 0.6 is 34.4 Å². The predicted molar refractivity (Wildman–Crippen MR) is 167 cm³/mol. The number of Topliss-reactive ketones (excluding diaryl/α,β-unsaturated/α-hetero) is 2. The first-order valence-corrected chi connectivity index (χ1v) is 16.6. The molecule has 3 aliphatic rings. The summed E-state index contributed by atoms with van der Waals surface area (Å²) in [5.74, 6) is 0.231. The number of hydrogen-bond donors (Lipinski definition) is 0. The summed E-state index contributed by atoms with van der Waals surface area (Å²) in [7, 11) is 2.13. The van der Waals surface area contributed by atoms with Crippen LogP contribution in [0.2, 0.25) is 0 Å². The Morgan fingerprint density at radius 2 is 1.73 bits per heavy atom. The fourth-order valence-corrected chi connectivity index (χ4v) is 10.9. The zero-order valence-electron chi connectivity index (χ0n) is 22.3. The molecule has 7 nitrogen and oxygen atoms in total. The minimum atomic E-state index is -0.407. The van der Waals surface area contributed by atoms with E-state index in [4.69, 9.17) is 9.98 Å². The van der Waals surface area contributed by atoms with Gasteiger partial charge in [0.05, 0.1) is 48.9 Å². The highest BCUT2D eigenvalue weighted by Gasteiger charge is 2.52. The molecular weight excluding hydrogens is 571 g/mol. The number of aryl methyl sites for hydroxylation is 1. The van der Waals surface area contributed by atoms with Crippen molar-refractivity contribution in [3.8, 4) is 10.6 Å². The molecule has 3 fully saturated rings. The first-order valence-electron chi connectivity index (χ1n) is 14.2. The van der Waals surface area contributed by atoms with Crippen LogP contribution in [0.25, 0.3) is 52.1 Å². The third kappa shape index (κ3) is 3.41. The Morgan fingerprint density at radius 3 is 2.59 bits per heavy atom. The summed E-state index contributed by atoms with van der Waals surface area (Å²) in [4.78, 5) is 36.9. The van der Waals surface area contributed by atoms with E-state index < -0.39 is 5.78 Å². The van der Waals surface area contributed by atoms with E-state index >= 15 is 0 Å². The first-order chi connectivity index (χ1) is 20.1. The number of nitrogens with zero attached hydrogens (tertiary/aromatic N) is 5. The maximum atomic E-state index is 13.2. The van der Waals surface area contributed by atoms with E-state index in [0.29, 0.717) is 34.3 Å². The number of fused-ring (bicyclic) bond motifs is 8. The lowest BCUT2D eigenvalue weighted by Crippen LogP contribution is -2.35. The van der Waals surface area contributed by atoms with Gasteiger partial charge >= 0.3 is 0 Å². The molecule has 5 aromatic heterocycles. The molecule has 0 saturated heterocycles. The zero-order chi connectivity index (χ0) is 27.4. The maximum Gasteiger partial charge on any atom is 0.243 e. The summed E-state index contributed by atoms with van der Waals surface area (Å²) in [5.41, 5.74) is 5.53. The van der Waals surface area contributed by atoms with Gasteiger partial charge in [0, 0.05) is 29.0 Å². The average molecular weight is 596 g/mol. The van der Waals surface area contributed by atoms with E-state index in [1.54, 1.807) is 17.5 Å². The number of aliphatic imine (C=N–C) groups is 1. The first kappa shape index (κ1) is 24.3. The molecule has 0 spiro atoms. The van der Waals surface area contributed by atoms with Gasteiger partial charge in [0.1, 0.15) is 22.4 Å². The van der Waals surface area contributed by atoms with Crippen molar-refractivity contribution < 1.29 is 9.59 Å². The van der Waals surface area contributed by atoms with Crippen LogP contribution < -0.4 is 0 Å². The van der Waals surface area contributed by atoms with Crippen molar-refractivity contribution in [1.29, 1.82) is 0 Å². The highest BCUT2D eigenvalue weighted by molar-refractivity contribution is 7.32. The quantitative estimate of drug-likeness (QED) is 0.191. The van der Waals surface area contributed by atoms with Crippen molar-refractivity contribution in [2.75, 3.05) is 0 Å². The lowest BCUT2D eigenvalue weighted by Gasteiger charge is -2.40. The van der Waals surface area contributed by atoms with Crippen LogP contribution in [0, 0.1) is 23.7 Å². The molecule has 3 saturated carbocycles. The van der Waals surface area contributed by atoms with Crippen molar-refractivity contribution in [3.63, 3.8) is 0 Å². The Hall–Kier alpha value is -3.34. The third-order valence-corrected chi connectivity index (χ3v) is 12.7. The average Bonchev–Trinajstić information content (AvgIpc) is 3.80. The number of ketones is 2. The minimum absolute atomic E-state index is 0.0815. The molecule has 1 aromatic carbocycles. The molecule has 4 unspecified atom stereocenters. The molecular formula is C31H25N5O2S3. The normalized spacial score (nSPS) is 25.7. The molecule has 0 aliphatic heterocycles. The summed E-state index contributed by atoms with van der Waals surface area (Å²) < 4.78 is 15.3. The number of hydrogen-bond acceptors (Lipinski definition) is 9. The Morgan fingerprint density at radius 1 is 0.951 bits per heavy atom. The molecule has 204 valence electrons. The van der Waals surface area contributed by atoms with Crippen molar-refractivity contribution in [2.45, 2.75) is 38.5 Å². The van der Waals surface area contributed by atoms with Gasteiger partial charge in [-0.2, -0.15) is 8.75 Å². The molecule has 5 heterocycles. The van der Waals surface area contributed by atoms with Crippen LogP contribution in [0.4, 0.5) is 5.69 Å². The van der Waals surface area contributed by atoms with Gasteiger partial charge in [-0.1, -0.05) is 43.9 Å². The molecule has 41 heavy (non-hydrogen) atoms. The molecule has 0 amide bonds. The van der Waals surface area contributed by atoms with Gasteiger partial charge in [0.15, 0.2) is 0 Å². The number of benzene rings is 1. The molecule has 0 radical (unpaired) electrons. The van der Waals surface area contributed by atoms with Crippen molar-refractivity contribution in [1.82, 2.24) is 18.3 Å². The summed E-state index contributed by atoms with van der Waals surface area (Å²) in [6.45, 7) is 0. The Labute approximate surface area is 247 Å². The summed E-state index contributed by atoms with van der Waals surface area (Å²) >= 11 is 4.69. The molecule has 9 rings (SSSR count). The summed E-state index contributed by atoms with van der Waals surface area (Å²) in [6, 6.07) is 10.7. The fourth-order valence-electron chi connectivity index (χ4n) is 7.78. The minimum Gasteiger partial charge on any atom is -0.342 e. The predicted octanol–water partition coefficient (Wildman–Crippen LogP) is 7.73. The number of carbonyl (C=O) groups is 2. The Kier molecular flexibility index (Phi) is 5.23. The lowest BCUT2D eigenvalue weighted by atomic mass is 9.64. The molecule has 6 aromatic rings. The van der Waals surface area contributed by atoms with Crippen LogP contribution in [0.15, 0.2) is 41.5 Å². The summed E-state index contributed by atoms with van der Waals surface area (Å²) in [6.07, 6.45) is 8.31. The van der Waals surface area contributed by atoms with Gasteiger partial charge in [-0.15, -0.1) is 22.7 Å². The smallest absolute Gasteiger partial charge is 0.243 e. The van der Waals surface area contributed by atoms with Gasteiger partial charge in [-0.25, -0.2) is 4.99 Å². The molecule has 3 aliphatic carbocycles. The fraction of sp³-hybridized carbons (Fsp3) is 0.355. The number of thiophene rings is 2. The van der Waals surface area contributed by atoms with Gasteiger partial charge in [0.2, 0.25) is 11.6 Å². The van der Waals surface area contributed by atoms with E-state index in [-0.39, 0.29) is 17.6 Å². The number of carbonyl (C=O) groups excluding carboxylic acids is 2. The molecule has 4 atom stereocenters. The Balaban J connectivity index is 1.13. The van der Waals surface area contributed by atoms with E-state index in [1.807, 2.05) is 11.3 Å². The third-order valence-electron chi connectivity index (χ3n) is 9.74. The molecule has 0 N–H and O–H groups in total. The highest BCUT2D eigenvalue weighted by atomic mass is 32.1. The van der Waals surface area contributed by atoms with Gasteiger partial charge in [0.25, 0.3) is 0 Å². The second kappa shape index (κ2) is 8.83. The largest absolute Gasteiger partial charge is 0.342 e. The van der Waals surface area contributed by atoms with Crippen LogP contribution in [0.1, 0.15) is 38.5 Å². The van der Waals surface area contributed by atoms with E-state index in [9.17, 15) is 9.59 Å². The SMILES string of the molecule is Cn1c2cc(-c3ncc(N=C4C(=O)C(=O)C5CC6CCCCC6CC45)c4nsnc34)sc2c2sc3ccccc3c21. The van der Waals surface area contributed by atoms with Crippen LogP contribution in [0.5, 0.6) is 0 Å². The number of pyridine rings is 1. The maximum absolute atomic E-state index is 13.2. The lowest BCUT2D eigenvalue weighted by molar-refractivity contribution is -0.135. The van der Waals surface area contributed by atoms with Crippen molar-refractivity contribution >= 4 is 98.9 Å². The monoisotopic (exact) mass is 595 g/mol. The van der Waals surface area contributed by atoms with Gasteiger partial charge in [-0.05, 0) is 36.8 Å². The van der Waals surface area contributed by atoms with Gasteiger partial charge in [-0.3, -0.25) is 14.6 Å². The summed E-state index contributed by atoms with van der Waals surface area (Å²) in [5, 5.41) is 1.28. The second-order valence-corrected chi connectivity index (χ2v) is 14.4. The molecule has 10 heteroatoms. The van der Waals surface area contributed by atoms with E-state index in [1.165, 1.54) is 56.2 Å². The van der Waals surface area contributed by atoms with Crippen LogP contribution in [-0.2, 0) is 16.6 Å².